The zero-order valence-electron chi connectivity index (χ0n) is 11.8. The molecule has 1 N–H and O–H groups in total. The van der Waals surface area contributed by atoms with Crippen molar-refractivity contribution in [2.75, 3.05) is 6.61 Å². The summed E-state index contributed by atoms with van der Waals surface area (Å²) >= 11 is 0. The van der Waals surface area contributed by atoms with Gasteiger partial charge in [0, 0.05) is 18.2 Å². The molecule has 1 aromatic carbocycles. The van der Waals surface area contributed by atoms with Gasteiger partial charge in [-0.25, -0.2) is 0 Å². The quantitative estimate of drug-likeness (QED) is 0.905. The van der Waals surface area contributed by atoms with E-state index in [0.29, 0.717) is 12.0 Å². The van der Waals surface area contributed by atoms with Crippen molar-refractivity contribution in [3.63, 3.8) is 0 Å². The van der Waals surface area contributed by atoms with Gasteiger partial charge in [0.15, 0.2) is 0 Å². The molecule has 1 heterocycles. The number of hydrogen-bond donors (Lipinski definition) is 1. The van der Waals surface area contributed by atoms with Crippen LogP contribution in [-0.2, 0) is 4.74 Å². The van der Waals surface area contributed by atoms with E-state index in [2.05, 4.69) is 4.98 Å². The fraction of sp³-hybridized carbons (Fsp3) is 0.471. The summed E-state index contributed by atoms with van der Waals surface area (Å²) in [4.78, 5) is 4.34. The third kappa shape index (κ3) is 2.69. The summed E-state index contributed by atoms with van der Waals surface area (Å²) in [5.74, 6) is 0.577. The summed E-state index contributed by atoms with van der Waals surface area (Å²) in [6.45, 7) is 2.82. The largest absolute Gasteiger partial charge is 0.388 e. The highest BCUT2D eigenvalue weighted by Crippen LogP contribution is 2.38. The lowest BCUT2D eigenvalue weighted by Gasteiger charge is -2.36. The maximum absolute atomic E-state index is 10.5. The molecule has 1 aliphatic rings. The molecule has 3 heteroatoms. The van der Waals surface area contributed by atoms with Crippen molar-refractivity contribution in [1.82, 2.24) is 4.98 Å². The Kier molecular flexibility index (Phi) is 3.99. The first-order valence-corrected chi connectivity index (χ1v) is 7.41. The molecule has 0 amide bonds. The Bertz CT molecular complexity index is 573. The van der Waals surface area contributed by atoms with Gasteiger partial charge in [-0.1, -0.05) is 18.2 Å². The Balaban J connectivity index is 1.69. The van der Waals surface area contributed by atoms with Gasteiger partial charge in [0.05, 0.1) is 17.7 Å². The minimum absolute atomic E-state index is 0.407. The van der Waals surface area contributed by atoms with Crippen LogP contribution in [-0.4, -0.2) is 22.8 Å². The van der Waals surface area contributed by atoms with Crippen LogP contribution in [0.2, 0.25) is 0 Å². The highest BCUT2D eigenvalue weighted by molar-refractivity contribution is 5.82. The molecule has 1 atom stereocenters. The van der Waals surface area contributed by atoms with E-state index in [0.717, 1.165) is 42.3 Å². The average Bonchev–Trinajstić information content (AvgIpc) is 2.44. The zero-order valence-corrected chi connectivity index (χ0v) is 11.8. The molecular formula is C17H21NO2. The van der Waals surface area contributed by atoms with E-state index in [1.807, 2.05) is 37.3 Å². The van der Waals surface area contributed by atoms with Crippen molar-refractivity contribution in [3.05, 3.63) is 42.1 Å². The van der Waals surface area contributed by atoms with Crippen LogP contribution < -0.4 is 0 Å². The second-order valence-electron chi connectivity index (χ2n) is 5.58. The van der Waals surface area contributed by atoms with Gasteiger partial charge < -0.3 is 9.84 Å². The lowest BCUT2D eigenvalue weighted by atomic mass is 9.77. The standard InChI is InChI=1S/C17H21NO2/c1-2-20-13-9-12(10-13)11-17(19)15-5-3-7-16-14(15)6-4-8-18-16/h3-8,12-13,17,19H,2,9-11H2,1H3. The third-order valence-electron chi connectivity index (χ3n) is 4.19. The Hall–Kier alpha value is -1.45. The Labute approximate surface area is 119 Å². The summed E-state index contributed by atoms with van der Waals surface area (Å²) in [5, 5.41) is 11.6. The van der Waals surface area contributed by atoms with Gasteiger partial charge in [0.25, 0.3) is 0 Å². The van der Waals surface area contributed by atoms with Gasteiger partial charge in [-0.15, -0.1) is 0 Å². The SMILES string of the molecule is CCOC1CC(CC(O)c2cccc3ncccc23)C1. The number of ether oxygens (including phenoxy) is 1. The van der Waals surface area contributed by atoms with E-state index in [1.165, 1.54) is 0 Å². The maximum atomic E-state index is 10.5. The molecule has 1 unspecified atom stereocenters. The van der Waals surface area contributed by atoms with Crippen LogP contribution in [0, 0.1) is 5.92 Å². The minimum atomic E-state index is -0.407. The number of benzene rings is 1. The topological polar surface area (TPSA) is 42.4 Å². The maximum Gasteiger partial charge on any atom is 0.0799 e. The van der Waals surface area contributed by atoms with Crippen molar-refractivity contribution in [3.8, 4) is 0 Å². The fourth-order valence-corrected chi connectivity index (χ4v) is 3.10. The van der Waals surface area contributed by atoms with E-state index in [1.54, 1.807) is 6.20 Å². The number of hydrogen-bond acceptors (Lipinski definition) is 3. The van der Waals surface area contributed by atoms with Crippen LogP contribution in [0.3, 0.4) is 0 Å². The highest BCUT2D eigenvalue weighted by Gasteiger charge is 2.31. The molecule has 20 heavy (non-hydrogen) atoms. The second-order valence-corrected chi connectivity index (χ2v) is 5.58. The second kappa shape index (κ2) is 5.90. The normalized spacial score (nSPS) is 23.5. The van der Waals surface area contributed by atoms with E-state index >= 15 is 0 Å². The molecule has 1 saturated carbocycles. The molecule has 1 aromatic heterocycles. The molecule has 1 fully saturated rings. The van der Waals surface area contributed by atoms with Crippen LogP contribution >= 0.6 is 0 Å². The van der Waals surface area contributed by atoms with Crippen LogP contribution in [0.4, 0.5) is 0 Å². The smallest absolute Gasteiger partial charge is 0.0799 e. The van der Waals surface area contributed by atoms with Gasteiger partial charge in [-0.3, -0.25) is 4.98 Å². The summed E-state index contributed by atoms with van der Waals surface area (Å²) in [5.41, 5.74) is 1.94. The molecule has 0 radical (unpaired) electrons. The van der Waals surface area contributed by atoms with Crippen molar-refractivity contribution in [1.29, 1.82) is 0 Å². The minimum Gasteiger partial charge on any atom is -0.388 e. The monoisotopic (exact) mass is 271 g/mol. The van der Waals surface area contributed by atoms with Crippen molar-refractivity contribution >= 4 is 10.9 Å². The number of fused-ring (bicyclic) bond motifs is 1. The van der Waals surface area contributed by atoms with E-state index in [-0.39, 0.29) is 0 Å². The predicted molar refractivity (Wildman–Crippen MR) is 79.5 cm³/mol. The van der Waals surface area contributed by atoms with Gasteiger partial charge in [-0.2, -0.15) is 0 Å². The molecule has 3 rings (SSSR count). The molecule has 106 valence electrons. The van der Waals surface area contributed by atoms with Gasteiger partial charge >= 0.3 is 0 Å². The molecule has 0 spiro atoms. The number of nitrogens with zero attached hydrogens (tertiary/aromatic N) is 1. The Morgan fingerprint density at radius 1 is 1.30 bits per heavy atom. The van der Waals surface area contributed by atoms with Crippen LogP contribution in [0.5, 0.6) is 0 Å². The molecule has 0 bridgehead atoms. The van der Waals surface area contributed by atoms with E-state index < -0.39 is 6.10 Å². The number of aromatic nitrogens is 1. The lowest BCUT2D eigenvalue weighted by molar-refractivity contribution is -0.0379. The molecular weight excluding hydrogens is 250 g/mol. The highest BCUT2D eigenvalue weighted by atomic mass is 16.5. The van der Waals surface area contributed by atoms with Crippen molar-refractivity contribution in [2.45, 2.75) is 38.4 Å². The predicted octanol–water partition coefficient (Wildman–Crippen LogP) is 3.47. The Morgan fingerprint density at radius 3 is 2.95 bits per heavy atom. The van der Waals surface area contributed by atoms with Crippen LogP contribution in [0.1, 0.15) is 37.9 Å². The first-order valence-electron chi connectivity index (χ1n) is 7.41. The number of aliphatic hydroxyl groups excluding tert-OH is 1. The summed E-state index contributed by atoms with van der Waals surface area (Å²) in [6.07, 6.45) is 4.76. The van der Waals surface area contributed by atoms with Crippen LogP contribution in [0.15, 0.2) is 36.5 Å². The molecule has 0 saturated heterocycles. The zero-order chi connectivity index (χ0) is 13.9. The molecule has 2 aromatic rings. The Morgan fingerprint density at radius 2 is 2.15 bits per heavy atom. The summed E-state index contributed by atoms with van der Waals surface area (Å²) in [7, 11) is 0. The first-order chi connectivity index (χ1) is 9.78. The average molecular weight is 271 g/mol. The third-order valence-corrected chi connectivity index (χ3v) is 4.19. The van der Waals surface area contributed by atoms with Gasteiger partial charge in [0.2, 0.25) is 0 Å². The summed E-state index contributed by atoms with van der Waals surface area (Å²) < 4.78 is 5.57. The molecule has 0 aliphatic heterocycles. The number of rotatable bonds is 5. The molecule has 3 nitrogen and oxygen atoms in total. The molecule has 1 aliphatic carbocycles. The fourth-order valence-electron chi connectivity index (χ4n) is 3.10. The van der Waals surface area contributed by atoms with Gasteiger partial charge in [-0.05, 0) is 49.8 Å². The van der Waals surface area contributed by atoms with Crippen molar-refractivity contribution < 1.29 is 9.84 Å². The first kappa shape index (κ1) is 13.5. The van der Waals surface area contributed by atoms with E-state index in [9.17, 15) is 5.11 Å². The number of pyridine rings is 1. The summed E-state index contributed by atoms with van der Waals surface area (Å²) in [6, 6.07) is 9.92. The van der Waals surface area contributed by atoms with Crippen molar-refractivity contribution in [2.24, 2.45) is 5.92 Å². The van der Waals surface area contributed by atoms with E-state index in [4.69, 9.17) is 4.74 Å². The van der Waals surface area contributed by atoms with Gasteiger partial charge in [0.1, 0.15) is 0 Å². The lowest BCUT2D eigenvalue weighted by Crippen LogP contribution is -2.32. The van der Waals surface area contributed by atoms with Crippen LogP contribution in [0.25, 0.3) is 10.9 Å². The number of aliphatic hydroxyl groups is 1.